The third kappa shape index (κ3) is 4.69. The molecule has 1 aromatic carbocycles. The van der Waals surface area contributed by atoms with Gasteiger partial charge in [-0.2, -0.15) is 10.2 Å². The van der Waals surface area contributed by atoms with Gasteiger partial charge in [-0.15, -0.1) is 0 Å². The van der Waals surface area contributed by atoms with Crippen LogP contribution in [0.3, 0.4) is 0 Å². The number of carbonyl (C=O) groups is 1. The standard InChI is InChI=1S/C16H15BrClN5O/c17-13-7-19-23(10-13)9-12-2-1-3-15(6-12)21-16(24)4-5-22-11-14(18)8-20-22/h1-3,6-8,10-11H,4-5,9H2,(H,21,24). The van der Waals surface area contributed by atoms with Gasteiger partial charge in [0.2, 0.25) is 5.91 Å². The Morgan fingerprint density at radius 3 is 2.75 bits per heavy atom. The summed E-state index contributed by atoms with van der Waals surface area (Å²) in [6.07, 6.45) is 7.22. The highest BCUT2D eigenvalue weighted by molar-refractivity contribution is 9.10. The van der Waals surface area contributed by atoms with Gasteiger partial charge in [0.1, 0.15) is 0 Å². The molecule has 1 N–H and O–H groups in total. The normalized spacial score (nSPS) is 10.8. The first-order valence-electron chi connectivity index (χ1n) is 7.33. The number of aromatic nitrogens is 4. The van der Waals surface area contributed by atoms with Crippen molar-refractivity contribution in [3.63, 3.8) is 0 Å². The summed E-state index contributed by atoms with van der Waals surface area (Å²) < 4.78 is 4.41. The Morgan fingerprint density at radius 2 is 2.04 bits per heavy atom. The van der Waals surface area contributed by atoms with E-state index >= 15 is 0 Å². The lowest BCUT2D eigenvalue weighted by molar-refractivity contribution is -0.116. The summed E-state index contributed by atoms with van der Waals surface area (Å²) in [6, 6.07) is 7.72. The van der Waals surface area contributed by atoms with E-state index in [0.717, 1.165) is 15.7 Å². The monoisotopic (exact) mass is 407 g/mol. The average molecular weight is 409 g/mol. The smallest absolute Gasteiger partial charge is 0.226 e. The van der Waals surface area contributed by atoms with Crippen LogP contribution in [-0.2, 0) is 17.9 Å². The summed E-state index contributed by atoms with van der Waals surface area (Å²) in [4.78, 5) is 12.1. The van der Waals surface area contributed by atoms with Crippen LogP contribution in [0.5, 0.6) is 0 Å². The number of nitrogens with zero attached hydrogens (tertiary/aromatic N) is 4. The predicted molar refractivity (Wildman–Crippen MR) is 96.0 cm³/mol. The van der Waals surface area contributed by atoms with E-state index in [2.05, 4.69) is 31.4 Å². The molecule has 3 rings (SSSR count). The van der Waals surface area contributed by atoms with Gasteiger partial charge in [-0.05, 0) is 33.6 Å². The molecule has 0 aliphatic carbocycles. The summed E-state index contributed by atoms with van der Waals surface area (Å²) >= 11 is 9.17. The second-order valence-electron chi connectivity index (χ2n) is 5.28. The van der Waals surface area contributed by atoms with Crippen molar-refractivity contribution in [3.8, 4) is 0 Å². The van der Waals surface area contributed by atoms with Crippen LogP contribution < -0.4 is 5.32 Å². The Kier molecular flexibility index (Phi) is 5.32. The van der Waals surface area contributed by atoms with E-state index in [1.807, 2.05) is 35.1 Å². The van der Waals surface area contributed by atoms with Gasteiger partial charge < -0.3 is 5.32 Å². The third-order valence-electron chi connectivity index (χ3n) is 3.33. The van der Waals surface area contributed by atoms with Gasteiger partial charge in [-0.1, -0.05) is 23.7 Å². The van der Waals surface area contributed by atoms with Crippen LogP contribution in [0.25, 0.3) is 0 Å². The van der Waals surface area contributed by atoms with Crippen LogP contribution in [0.1, 0.15) is 12.0 Å². The maximum absolute atomic E-state index is 12.1. The Morgan fingerprint density at radius 1 is 1.21 bits per heavy atom. The van der Waals surface area contributed by atoms with Crippen molar-refractivity contribution in [1.29, 1.82) is 0 Å². The van der Waals surface area contributed by atoms with Gasteiger partial charge in [-0.25, -0.2) is 0 Å². The van der Waals surface area contributed by atoms with Crippen LogP contribution in [0, 0.1) is 0 Å². The average Bonchev–Trinajstić information content (AvgIpc) is 3.14. The minimum Gasteiger partial charge on any atom is -0.326 e. The molecule has 0 aliphatic heterocycles. The van der Waals surface area contributed by atoms with E-state index in [0.29, 0.717) is 24.5 Å². The Hall–Kier alpha value is -2.12. The molecule has 0 saturated carbocycles. The van der Waals surface area contributed by atoms with Crippen LogP contribution in [0.15, 0.2) is 53.5 Å². The van der Waals surface area contributed by atoms with Crippen molar-refractivity contribution in [2.24, 2.45) is 0 Å². The number of halogens is 2. The van der Waals surface area contributed by atoms with Gasteiger partial charge in [0.25, 0.3) is 0 Å². The minimum absolute atomic E-state index is 0.0689. The molecule has 6 nitrogen and oxygen atoms in total. The quantitative estimate of drug-likeness (QED) is 0.678. The highest BCUT2D eigenvalue weighted by Crippen LogP contribution is 2.14. The number of anilines is 1. The molecule has 0 bridgehead atoms. The maximum Gasteiger partial charge on any atom is 0.226 e. The van der Waals surface area contributed by atoms with E-state index in [-0.39, 0.29) is 5.91 Å². The molecular weight excluding hydrogens is 394 g/mol. The van der Waals surface area contributed by atoms with Crippen molar-refractivity contribution in [2.45, 2.75) is 19.5 Å². The molecule has 24 heavy (non-hydrogen) atoms. The molecule has 0 saturated heterocycles. The Labute approximate surface area is 152 Å². The fourth-order valence-electron chi connectivity index (χ4n) is 2.26. The molecule has 8 heteroatoms. The molecule has 3 aromatic rings. The van der Waals surface area contributed by atoms with Crippen molar-refractivity contribution in [3.05, 3.63) is 64.1 Å². The summed E-state index contributed by atoms with van der Waals surface area (Å²) in [7, 11) is 0. The van der Waals surface area contributed by atoms with Gasteiger partial charge in [0.15, 0.2) is 0 Å². The fraction of sp³-hybridized carbons (Fsp3) is 0.188. The summed E-state index contributed by atoms with van der Waals surface area (Å²) in [6.45, 7) is 1.13. The zero-order valence-corrected chi connectivity index (χ0v) is 15.0. The molecule has 0 unspecified atom stereocenters. The van der Waals surface area contributed by atoms with Gasteiger partial charge in [-0.3, -0.25) is 14.2 Å². The van der Waals surface area contributed by atoms with Crippen LogP contribution in [-0.4, -0.2) is 25.5 Å². The first-order valence-corrected chi connectivity index (χ1v) is 8.50. The zero-order chi connectivity index (χ0) is 16.9. The predicted octanol–water partition coefficient (Wildman–Crippen LogP) is 3.57. The Balaban J connectivity index is 1.56. The topological polar surface area (TPSA) is 64.7 Å². The molecule has 2 heterocycles. The first-order chi connectivity index (χ1) is 11.6. The third-order valence-corrected chi connectivity index (χ3v) is 3.93. The number of rotatable bonds is 6. The molecule has 1 amide bonds. The lowest BCUT2D eigenvalue weighted by atomic mass is 10.2. The molecule has 2 aromatic heterocycles. The van der Waals surface area contributed by atoms with E-state index in [4.69, 9.17) is 11.6 Å². The molecule has 0 radical (unpaired) electrons. The fourth-order valence-corrected chi connectivity index (χ4v) is 2.74. The summed E-state index contributed by atoms with van der Waals surface area (Å²) in [5.74, 6) is -0.0689. The molecule has 124 valence electrons. The van der Waals surface area contributed by atoms with E-state index in [9.17, 15) is 4.79 Å². The van der Waals surface area contributed by atoms with Crippen molar-refractivity contribution < 1.29 is 4.79 Å². The number of hydrogen-bond acceptors (Lipinski definition) is 3. The molecule has 0 atom stereocenters. The SMILES string of the molecule is O=C(CCn1cc(Cl)cn1)Nc1cccc(Cn2cc(Br)cn2)c1. The number of carbonyl (C=O) groups excluding carboxylic acids is 1. The van der Waals surface area contributed by atoms with Crippen molar-refractivity contribution in [2.75, 3.05) is 5.32 Å². The van der Waals surface area contributed by atoms with Crippen molar-refractivity contribution in [1.82, 2.24) is 19.6 Å². The molecule has 0 aliphatic rings. The number of aryl methyl sites for hydroxylation is 1. The van der Waals surface area contributed by atoms with Crippen LogP contribution in [0.2, 0.25) is 5.02 Å². The van der Waals surface area contributed by atoms with Crippen LogP contribution in [0.4, 0.5) is 5.69 Å². The Bertz CT molecular complexity index is 844. The molecular formula is C16H15BrClN5O. The number of nitrogens with one attached hydrogen (secondary N) is 1. The highest BCUT2D eigenvalue weighted by atomic mass is 79.9. The van der Waals surface area contributed by atoms with Gasteiger partial charge in [0.05, 0.1) is 28.4 Å². The van der Waals surface area contributed by atoms with Crippen LogP contribution >= 0.6 is 27.5 Å². The van der Waals surface area contributed by atoms with E-state index < -0.39 is 0 Å². The number of benzene rings is 1. The van der Waals surface area contributed by atoms with E-state index in [1.165, 1.54) is 0 Å². The summed E-state index contributed by atoms with van der Waals surface area (Å²) in [5, 5.41) is 11.7. The lowest BCUT2D eigenvalue weighted by Crippen LogP contribution is -2.15. The molecule has 0 fully saturated rings. The molecule has 0 spiro atoms. The summed E-state index contributed by atoms with van der Waals surface area (Å²) in [5.41, 5.74) is 1.82. The zero-order valence-electron chi connectivity index (χ0n) is 12.7. The maximum atomic E-state index is 12.1. The van der Waals surface area contributed by atoms with Gasteiger partial charge >= 0.3 is 0 Å². The van der Waals surface area contributed by atoms with Gasteiger partial charge in [0, 0.05) is 31.0 Å². The number of amides is 1. The first kappa shape index (κ1) is 16.7. The number of hydrogen-bond donors (Lipinski definition) is 1. The second-order valence-corrected chi connectivity index (χ2v) is 6.63. The second kappa shape index (κ2) is 7.63. The van der Waals surface area contributed by atoms with Crippen molar-refractivity contribution >= 4 is 39.1 Å². The highest BCUT2D eigenvalue weighted by Gasteiger charge is 2.05. The van der Waals surface area contributed by atoms with E-state index in [1.54, 1.807) is 23.3 Å². The lowest BCUT2D eigenvalue weighted by Gasteiger charge is -2.08. The minimum atomic E-state index is -0.0689. The largest absolute Gasteiger partial charge is 0.326 e.